The van der Waals surface area contributed by atoms with Gasteiger partial charge in [-0.05, 0) is 42.3 Å². The Labute approximate surface area is 117 Å². The molecule has 4 heteroatoms. The van der Waals surface area contributed by atoms with Gasteiger partial charge in [0.05, 0.1) is 12.7 Å². The van der Waals surface area contributed by atoms with Gasteiger partial charge in [0.25, 0.3) is 0 Å². The van der Waals surface area contributed by atoms with Crippen LogP contribution >= 0.6 is 0 Å². The summed E-state index contributed by atoms with van der Waals surface area (Å²) in [4.78, 5) is 0. The van der Waals surface area contributed by atoms with Gasteiger partial charge in [-0.2, -0.15) is 5.26 Å². The van der Waals surface area contributed by atoms with Crippen LogP contribution in [-0.2, 0) is 6.42 Å². The van der Waals surface area contributed by atoms with Crippen molar-refractivity contribution in [2.24, 2.45) is 0 Å². The number of anilines is 1. The van der Waals surface area contributed by atoms with Crippen molar-refractivity contribution in [2.45, 2.75) is 6.42 Å². The molecule has 0 radical (unpaired) electrons. The number of hydrogen-bond acceptors (Lipinski definition) is 3. The molecule has 0 bridgehead atoms. The van der Waals surface area contributed by atoms with Gasteiger partial charge in [-0.3, -0.25) is 0 Å². The van der Waals surface area contributed by atoms with Crippen molar-refractivity contribution >= 4 is 5.69 Å². The molecule has 0 fully saturated rings. The molecule has 102 valence electrons. The van der Waals surface area contributed by atoms with Gasteiger partial charge in [-0.15, -0.1) is 0 Å². The van der Waals surface area contributed by atoms with Crippen LogP contribution in [0.4, 0.5) is 10.1 Å². The van der Waals surface area contributed by atoms with E-state index in [9.17, 15) is 4.39 Å². The van der Waals surface area contributed by atoms with E-state index in [1.165, 1.54) is 17.7 Å². The van der Waals surface area contributed by atoms with Gasteiger partial charge in [-0.1, -0.05) is 12.1 Å². The lowest BCUT2D eigenvalue weighted by Crippen LogP contribution is -2.05. The van der Waals surface area contributed by atoms with Gasteiger partial charge in [0.15, 0.2) is 0 Å². The molecule has 0 aliphatic heterocycles. The summed E-state index contributed by atoms with van der Waals surface area (Å²) in [6.45, 7) is 0.711. The quantitative estimate of drug-likeness (QED) is 0.906. The first-order valence-electron chi connectivity index (χ1n) is 6.29. The van der Waals surface area contributed by atoms with Crippen molar-refractivity contribution in [1.29, 1.82) is 5.26 Å². The van der Waals surface area contributed by atoms with Gasteiger partial charge in [0.1, 0.15) is 17.6 Å². The Hall–Kier alpha value is -2.54. The summed E-state index contributed by atoms with van der Waals surface area (Å²) in [6.07, 6.45) is 0.837. The Morgan fingerprint density at radius 1 is 1.20 bits per heavy atom. The zero-order chi connectivity index (χ0) is 14.4. The summed E-state index contributed by atoms with van der Waals surface area (Å²) >= 11 is 0. The normalized spacial score (nSPS) is 9.85. The van der Waals surface area contributed by atoms with Crippen LogP contribution in [0.2, 0.25) is 0 Å². The molecule has 0 amide bonds. The third-order valence-corrected chi connectivity index (χ3v) is 2.99. The minimum atomic E-state index is -0.492. The number of hydrogen-bond donors (Lipinski definition) is 1. The van der Waals surface area contributed by atoms with Crippen molar-refractivity contribution in [1.82, 2.24) is 0 Å². The average molecular weight is 270 g/mol. The second-order valence-corrected chi connectivity index (χ2v) is 4.33. The summed E-state index contributed by atoms with van der Waals surface area (Å²) in [5.74, 6) is 0.340. The van der Waals surface area contributed by atoms with Crippen LogP contribution in [0, 0.1) is 17.1 Å². The van der Waals surface area contributed by atoms with Gasteiger partial charge < -0.3 is 10.1 Å². The number of benzene rings is 2. The molecule has 0 saturated heterocycles. The van der Waals surface area contributed by atoms with E-state index in [1.54, 1.807) is 13.2 Å². The predicted octanol–water partition coefficient (Wildman–Crippen LogP) is 3.36. The van der Waals surface area contributed by atoms with E-state index in [0.717, 1.165) is 17.9 Å². The van der Waals surface area contributed by atoms with Crippen LogP contribution in [0.5, 0.6) is 5.75 Å². The van der Waals surface area contributed by atoms with Crippen LogP contribution in [-0.4, -0.2) is 13.7 Å². The first kappa shape index (κ1) is 13.9. The number of rotatable bonds is 5. The molecule has 0 aromatic heterocycles. The van der Waals surface area contributed by atoms with Crippen LogP contribution in [0.25, 0.3) is 0 Å². The van der Waals surface area contributed by atoms with E-state index in [0.29, 0.717) is 6.54 Å². The summed E-state index contributed by atoms with van der Waals surface area (Å²) in [7, 11) is 1.64. The van der Waals surface area contributed by atoms with E-state index >= 15 is 0 Å². The largest absolute Gasteiger partial charge is 0.497 e. The molecular formula is C16H15FN2O. The molecule has 0 aliphatic rings. The fourth-order valence-corrected chi connectivity index (χ4v) is 1.86. The first-order valence-corrected chi connectivity index (χ1v) is 6.29. The zero-order valence-electron chi connectivity index (χ0n) is 11.2. The molecule has 20 heavy (non-hydrogen) atoms. The summed E-state index contributed by atoms with van der Waals surface area (Å²) < 4.78 is 18.3. The van der Waals surface area contributed by atoms with Crippen LogP contribution in [0.15, 0.2) is 42.5 Å². The van der Waals surface area contributed by atoms with Crippen molar-refractivity contribution in [3.8, 4) is 11.8 Å². The van der Waals surface area contributed by atoms with E-state index in [-0.39, 0.29) is 5.56 Å². The highest BCUT2D eigenvalue weighted by Gasteiger charge is 2.02. The topological polar surface area (TPSA) is 45.0 Å². The van der Waals surface area contributed by atoms with Gasteiger partial charge in [-0.25, -0.2) is 4.39 Å². The van der Waals surface area contributed by atoms with E-state index in [2.05, 4.69) is 5.32 Å². The first-order chi connectivity index (χ1) is 9.72. The van der Waals surface area contributed by atoms with Crippen molar-refractivity contribution in [3.05, 3.63) is 59.4 Å². The second-order valence-electron chi connectivity index (χ2n) is 4.33. The van der Waals surface area contributed by atoms with Crippen molar-refractivity contribution in [2.75, 3.05) is 19.0 Å². The average Bonchev–Trinajstić information content (AvgIpc) is 2.49. The number of methoxy groups -OCH3 is 1. The maximum atomic E-state index is 13.2. The summed E-state index contributed by atoms with van der Waals surface area (Å²) in [6, 6.07) is 14.1. The van der Waals surface area contributed by atoms with Crippen LogP contribution in [0.3, 0.4) is 0 Å². The highest BCUT2D eigenvalue weighted by Crippen LogP contribution is 2.15. The second kappa shape index (κ2) is 6.58. The smallest absolute Gasteiger partial charge is 0.141 e. The molecule has 0 spiro atoms. The summed E-state index contributed by atoms with van der Waals surface area (Å²) in [5.41, 5.74) is 1.98. The van der Waals surface area contributed by atoms with Crippen molar-refractivity contribution in [3.63, 3.8) is 0 Å². The lowest BCUT2D eigenvalue weighted by Gasteiger charge is -2.07. The number of ether oxygens (including phenoxy) is 1. The number of halogens is 1. The lowest BCUT2D eigenvalue weighted by atomic mass is 10.1. The summed E-state index contributed by atoms with van der Waals surface area (Å²) in [5, 5.41) is 11.9. The molecule has 2 aromatic rings. The number of nitrogens with zero attached hydrogens (tertiary/aromatic N) is 1. The third kappa shape index (κ3) is 3.48. The molecule has 2 rings (SSSR count). The molecule has 2 aromatic carbocycles. The third-order valence-electron chi connectivity index (χ3n) is 2.99. The highest BCUT2D eigenvalue weighted by atomic mass is 19.1. The SMILES string of the molecule is COc1ccc(CCNc2ccc(F)c(C#N)c2)cc1. The molecule has 1 N–H and O–H groups in total. The van der Waals surface area contributed by atoms with E-state index in [4.69, 9.17) is 10.00 Å². The molecule has 0 heterocycles. The van der Waals surface area contributed by atoms with E-state index < -0.39 is 5.82 Å². The Morgan fingerprint density at radius 2 is 1.95 bits per heavy atom. The van der Waals surface area contributed by atoms with E-state index in [1.807, 2.05) is 30.3 Å². The highest BCUT2D eigenvalue weighted by molar-refractivity contribution is 5.49. The Morgan fingerprint density at radius 3 is 2.60 bits per heavy atom. The monoisotopic (exact) mass is 270 g/mol. The molecule has 0 unspecified atom stereocenters. The Kier molecular flexibility index (Phi) is 4.56. The fraction of sp³-hybridized carbons (Fsp3) is 0.188. The minimum absolute atomic E-state index is 0.0550. The number of nitriles is 1. The number of nitrogens with one attached hydrogen (secondary N) is 1. The maximum Gasteiger partial charge on any atom is 0.141 e. The molecule has 0 aliphatic carbocycles. The molecule has 3 nitrogen and oxygen atoms in total. The predicted molar refractivity (Wildman–Crippen MR) is 76.3 cm³/mol. The fourth-order valence-electron chi connectivity index (χ4n) is 1.86. The molecule has 0 atom stereocenters. The maximum absolute atomic E-state index is 13.2. The lowest BCUT2D eigenvalue weighted by molar-refractivity contribution is 0.414. The van der Waals surface area contributed by atoms with Crippen LogP contribution < -0.4 is 10.1 Å². The zero-order valence-corrected chi connectivity index (χ0v) is 11.2. The van der Waals surface area contributed by atoms with Crippen LogP contribution in [0.1, 0.15) is 11.1 Å². The molecule has 0 saturated carbocycles. The van der Waals surface area contributed by atoms with Gasteiger partial charge in [0.2, 0.25) is 0 Å². The van der Waals surface area contributed by atoms with Gasteiger partial charge >= 0.3 is 0 Å². The minimum Gasteiger partial charge on any atom is -0.497 e. The Balaban J connectivity index is 1.91. The van der Waals surface area contributed by atoms with Gasteiger partial charge in [0, 0.05) is 12.2 Å². The Bertz CT molecular complexity index is 617. The standard InChI is InChI=1S/C16H15FN2O/c1-20-15-5-2-12(3-6-15)8-9-19-14-4-7-16(17)13(10-14)11-18/h2-7,10,19H,8-9H2,1H3. The van der Waals surface area contributed by atoms with Crippen molar-refractivity contribution < 1.29 is 9.13 Å². The molecular weight excluding hydrogens is 255 g/mol.